The normalized spacial score (nSPS) is 13.7. The van der Waals surface area contributed by atoms with Gasteiger partial charge >= 0.3 is 5.97 Å². The summed E-state index contributed by atoms with van der Waals surface area (Å²) in [6, 6.07) is 6.41. The largest absolute Gasteiger partial charge is 0.465 e. The first-order valence-electron chi connectivity index (χ1n) is 7.63. The minimum atomic E-state index is -0.435. The molecule has 1 aliphatic rings. The number of rotatable bonds is 4. The Morgan fingerprint density at radius 2 is 1.88 bits per heavy atom. The summed E-state index contributed by atoms with van der Waals surface area (Å²) in [5.41, 5.74) is 1.25. The van der Waals surface area contributed by atoms with Gasteiger partial charge in [-0.2, -0.15) is 0 Å². The van der Waals surface area contributed by atoms with E-state index in [-0.39, 0.29) is 23.4 Å². The maximum atomic E-state index is 12.2. The number of benzene rings is 1. The molecule has 2 amide bonds. The molecule has 0 bridgehead atoms. The van der Waals surface area contributed by atoms with Crippen LogP contribution in [-0.2, 0) is 9.53 Å². The highest BCUT2D eigenvalue weighted by Gasteiger charge is 2.36. The number of ether oxygens (including phenoxy) is 1. The molecule has 8 nitrogen and oxygen atoms in total. The van der Waals surface area contributed by atoms with E-state index in [2.05, 4.69) is 20.0 Å². The number of carbonyl (C=O) groups is 3. The number of esters is 1. The number of likely N-dealkylation sites (tertiary alicyclic amines) is 1. The van der Waals surface area contributed by atoms with Crippen LogP contribution < -0.4 is 5.32 Å². The van der Waals surface area contributed by atoms with Crippen LogP contribution in [-0.4, -0.2) is 52.9 Å². The molecule has 1 aromatic heterocycles. The Morgan fingerprint density at radius 1 is 1.16 bits per heavy atom. The van der Waals surface area contributed by atoms with Gasteiger partial charge in [0.05, 0.1) is 24.8 Å². The summed E-state index contributed by atoms with van der Waals surface area (Å²) in [5.74, 6) is -1.12. The molecule has 1 fully saturated rings. The molecular formula is C17H16N4O4. The van der Waals surface area contributed by atoms with Crippen LogP contribution in [0.5, 0.6) is 0 Å². The summed E-state index contributed by atoms with van der Waals surface area (Å²) in [7, 11) is 1.31. The lowest BCUT2D eigenvalue weighted by atomic mass is 9.98. The molecular weight excluding hydrogens is 324 g/mol. The van der Waals surface area contributed by atoms with Crippen LogP contribution in [0.2, 0.25) is 0 Å². The van der Waals surface area contributed by atoms with E-state index >= 15 is 0 Å². The van der Waals surface area contributed by atoms with Crippen molar-refractivity contribution >= 4 is 23.5 Å². The number of hydrogen-bond acceptors (Lipinski definition) is 6. The number of anilines is 1. The van der Waals surface area contributed by atoms with Crippen LogP contribution in [0.15, 0.2) is 42.9 Å². The molecule has 0 unspecified atom stereocenters. The van der Waals surface area contributed by atoms with E-state index in [1.807, 2.05) is 0 Å². The second-order valence-corrected chi connectivity index (χ2v) is 5.56. The smallest absolute Gasteiger partial charge is 0.337 e. The third kappa shape index (κ3) is 3.63. The van der Waals surface area contributed by atoms with Gasteiger partial charge in [0.2, 0.25) is 5.91 Å². The zero-order valence-corrected chi connectivity index (χ0v) is 13.5. The molecule has 0 spiro atoms. The van der Waals surface area contributed by atoms with Crippen molar-refractivity contribution in [3.8, 4) is 0 Å². The number of methoxy groups -OCH3 is 1. The van der Waals surface area contributed by atoms with E-state index in [1.54, 1.807) is 29.2 Å². The Bertz CT molecular complexity index is 786. The first-order valence-corrected chi connectivity index (χ1v) is 7.63. The van der Waals surface area contributed by atoms with Gasteiger partial charge in [-0.15, -0.1) is 0 Å². The summed E-state index contributed by atoms with van der Waals surface area (Å²) in [6.45, 7) is 0.670. The minimum Gasteiger partial charge on any atom is -0.465 e. The van der Waals surface area contributed by atoms with E-state index < -0.39 is 5.97 Å². The van der Waals surface area contributed by atoms with Crippen molar-refractivity contribution in [2.45, 2.75) is 0 Å². The van der Waals surface area contributed by atoms with Crippen LogP contribution in [0.1, 0.15) is 20.8 Å². The molecule has 8 heteroatoms. The highest BCUT2D eigenvalue weighted by Crippen LogP contribution is 2.20. The molecule has 0 saturated carbocycles. The number of amides is 2. The highest BCUT2D eigenvalue weighted by molar-refractivity contribution is 5.98. The van der Waals surface area contributed by atoms with Crippen molar-refractivity contribution in [1.82, 2.24) is 14.9 Å². The fourth-order valence-corrected chi connectivity index (χ4v) is 2.43. The lowest BCUT2D eigenvalue weighted by Gasteiger charge is -2.37. The Morgan fingerprint density at radius 3 is 2.48 bits per heavy atom. The van der Waals surface area contributed by atoms with Crippen LogP contribution in [0.25, 0.3) is 0 Å². The molecule has 2 heterocycles. The number of hydrogen-bond donors (Lipinski definition) is 1. The van der Waals surface area contributed by atoms with Crippen molar-refractivity contribution in [3.63, 3.8) is 0 Å². The fraction of sp³-hybridized carbons (Fsp3) is 0.235. The molecule has 1 aliphatic heterocycles. The van der Waals surface area contributed by atoms with Crippen LogP contribution in [0.3, 0.4) is 0 Å². The Hall–Kier alpha value is -3.29. The summed E-state index contributed by atoms with van der Waals surface area (Å²) in [5, 5.41) is 2.77. The lowest BCUT2D eigenvalue weighted by molar-refractivity contribution is -0.123. The summed E-state index contributed by atoms with van der Waals surface area (Å²) in [6.07, 6.45) is 4.35. The summed E-state index contributed by atoms with van der Waals surface area (Å²) < 4.78 is 4.62. The SMILES string of the molecule is COC(=O)c1ccc(NC(=O)C2CN(C(=O)c3cnccn3)C2)cc1. The van der Waals surface area contributed by atoms with Crippen molar-refractivity contribution in [2.75, 3.05) is 25.5 Å². The molecule has 1 aromatic carbocycles. The van der Waals surface area contributed by atoms with E-state index in [0.29, 0.717) is 24.3 Å². The zero-order valence-electron chi connectivity index (χ0n) is 13.5. The number of carbonyl (C=O) groups excluding carboxylic acids is 3. The van der Waals surface area contributed by atoms with Gasteiger partial charge in [0.25, 0.3) is 5.91 Å². The van der Waals surface area contributed by atoms with Crippen molar-refractivity contribution in [3.05, 3.63) is 54.1 Å². The minimum absolute atomic E-state index is 0.172. The summed E-state index contributed by atoms with van der Waals surface area (Å²) >= 11 is 0. The monoisotopic (exact) mass is 340 g/mol. The average molecular weight is 340 g/mol. The molecule has 25 heavy (non-hydrogen) atoms. The van der Waals surface area contributed by atoms with Crippen molar-refractivity contribution in [2.24, 2.45) is 5.92 Å². The van der Waals surface area contributed by atoms with Crippen LogP contribution in [0.4, 0.5) is 5.69 Å². The number of nitrogens with zero attached hydrogens (tertiary/aromatic N) is 3. The average Bonchev–Trinajstić information content (AvgIpc) is 2.61. The molecule has 1 N–H and O–H groups in total. The maximum absolute atomic E-state index is 12.2. The molecule has 3 rings (SSSR count). The Kier molecular flexibility index (Phi) is 4.69. The van der Waals surface area contributed by atoms with Gasteiger partial charge in [-0.25, -0.2) is 9.78 Å². The van der Waals surface area contributed by atoms with Crippen molar-refractivity contribution in [1.29, 1.82) is 0 Å². The predicted molar refractivity (Wildman–Crippen MR) is 87.8 cm³/mol. The standard InChI is InChI=1S/C17H16N4O4/c1-25-17(24)11-2-4-13(5-3-11)20-15(22)12-9-21(10-12)16(23)14-8-18-6-7-19-14/h2-8,12H,9-10H2,1H3,(H,20,22). The Labute approximate surface area is 143 Å². The quantitative estimate of drug-likeness (QED) is 0.832. The first-order chi connectivity index (χ1) is 12.1. The first kappa shape index (κ1) is 16.6. The number of aromatic nitrogens is 2. The molecule has 128 valence electrons. The van der Waals surface area contributed by atoms with E-state index in [1.165, 1.54) is 25.7 Å². The zero-order chi connectivity index (χ0) is 17.8. The predicted octanol–water partition coefficient (Wildman–Crippen LogP) is 0.974. The fourth-order valence-electron chi connectivity index (χ4n) is 2.43. The molecule has 1 saturated heterocycles. The Balaban J connectivity index is 1.52. The van der Waals surface area contributed by atoms with E-state index in [0.717, 1.165) is 0 Å². The number of nitrogens with one attached hydrogen (secondary N) is 1. The third-order valence-electron chi connectivity index (χ3n) is 3.90. The summed E-state index contributed by atoms with van der Waals surface area (Å²) in [4.78, 5) is 45.1. The second-order valence-electron chi connectivity index (χ2n) is 5.56. The second kappa shape index (κ2) is 7.08. The van der Waals surface area contributed by atoms with Gasteiger partial charge in [0.15, 0.2) is 0 Å². The van der Waals surface area contributed by atoms with Gasteiger partial charge in [-0.1, -0.05) is 0 Å². The topological polar surface area (TPSA) is 101 Å². The highest BCUT2D eigenvalue weighted by atomic mass is 16.5. The molecule has 0 aliphatic carbocycles. The van der Waals surface area contributed by atoms with Gasteiger partial charge in [-0.05, 0) is 24.3 Å². The molecule has 2 aromatic rings. The third-order valence-corrected chi connectivity index (χ3v) is 3.90. The maximum Gasteiger partial charge on any atom is 0.337 e. The van der Waals surface area contributed by atoms with Gasteiger partial charge in [0, 0.05) is 31.2 Å². The lowest BCUT2D eigenvalue weighted by Crippen LogP contribution is -2.54. The van der Waals surface area contributed by atoms with E-state index in [9.17, 15) is 14.4 Å². The van der Waals surface area contributed by atoms with E-state index in [4.69, 9.17) is 0 Å². The van der Waals surface area contributed by atoms with Gasteiger partial charge in [0.1, 0.15) is 5.69 Å². The van der Waals surface area contributed by atoms with Crippen molar-refractivity contribution < 1.29 is 19.1 Å². The van der Waals surface area contributed by atoms with Gasteiger partial charge in [-0.3, -0.25) is 14.6 Å². The molecule has 0 radical (unpaired) electrons. The molecule has 0 atom stereocenters. The van der Waals surface area contributed by atoms with Crippen LogP contribution in [0, 0.1) is 5.92 Å². The van der Waals surface area contributed by atoms with Gasteiger partial charge < -0.3 is 15.0 Å². The van der Waals surface area contributed by atoms with Crippen LogP contribution >= 0.6 is 0 Å².